The molecule has 0 bridgehead atoms. The summed E-state index contributed by atoms with van der Waals surface area (Å²) in [6.45, 7) is 1.64. The van der Waals surface area contributed by atoms with Crippen molar-refractivity contribution in [2.45, 2.75) is 13.0 Å². The molecular weight excluding hydrogens is 229 g/mol. The second-order valence-corrected chi connectivity index (χ2v) is 4.25. The molecular formula is C15H16FNO. The van der Waals surface area contributed by atoms with Crippen LogP contribution in [0.3, 0.4) is 0 Å². The van der Waals surface area contributed by atoms with Crippen LogP contribution < -0.4 is 4.90 Å². The van der Waals surface area contributed by atoms with E-state index in [1.807, 2.05) is 30.3 Å². The molecule has 2 aromatic rings. The number of hydrogen-bond donors (Lipinski definition) is 1. The van der Waals surface area contributed by atoms with Gasteiger partial charge in [-0.2, -0.15) is 0 Å². The van der Waals surface area contributed by atoms with E-state index in [4.69, 9.17) is 0 Å². The maximum Gasteiger partial charge on any atom is 0.147 e. The Labute approximate surface area is 106 Å². The fourth-order valence-corrected chi connectivity index (χ4v) is 2.00. The fraction of sp³-hybridized carbons (Fsp3) is 0.200. The normalized spacial score (nSPS) is 12.2. The van der Waals surface area contributed by atoms with Crippen molar-refractivity contribution in [2.75, 3.05) is 11.9 Å². The third-order valence-electron chi connectivity index (χ3n) is 2.95. The van der Waals surface area contributed by atoms with Gasteiger partial charge in [-0.25, -0.2) is 4.39 Å². The smallest absolute Gasteiger partial charge is 0.147 e. The molecule has 0 amide bonds. The Morgan fingerprint density at radius 3 is 2.33 bits per heavy atom. The highest BCUT2D eigenvalue weighted by Gasteiger charge is 2.16. The van der Waals surface area contributed by atoms with Crippen molar-refractivity contribution in [1.82, 2.24) is 0 Å². The zero-order chi connectivity index (χ0) is 13.1. The van der Waals surface area contributed by atoms with Gasteiger partial charge in [-0.15, -0.1) is 0 Å². The van der Waals surface area contributed by atoms with Gasteiger partial charge in [-0.3, -0.25) is 0 Å². The van der Waals surface area contributed by atoms with Gasteiger partial charge in [0.25, 0.3) is 0 Å². The molecule has 2 nitrogen and oxygen atoms in total. The highest BCUT2D eigenvalue weighted by Crippen LogP contribution is 2.32. The summed E-state index contributed by atoms with van der Waals surface area (Å²) in [4.78, 5) is 1.75. The van der Waals surface area contributed by atoms with Crippen molar-refractivity contribution in [2.24, 2.45) is 0 Å². The molecule has 18 heavy (non-hydrogen) atoms. The molecule has 2 rings (SSSR count). The highest BCUT2D eigenvalue weighted by atomic mass is 19.1. The van der Waals surface area contributed by atoms with E-state index in [0.29, 0.717) is 11.3 Å². The summed E-state index contributed by atoms with van der Waals surface area (Å²) in [5.74, 6) is -0.334. The summed E-state index contributed by atoms with van der Waals surface area (Å²) in [5.41, 5.74) is 1.88. The molecule has 0 saturated carbocycles. The van der Waals surface area contributed by atoms with Crippen molar-refractivity contribution >= 4 is 11.4 Å². The number of nitrogens with zero attached hydrogens (tertiary/aromatic N) is 1. The molecule has 94 valence electrons. The van der Waals surface area contributed by atoms with Crippen molar-refractivity contribution in [3.8, 4) is 0 Å². The zero-order valence-electron chi connectivity index (χ0n) is 10.5. The number of rotatable bonds is 3. The number of para-hydroxylation sites is 2. The van der Waals surface area contributed by atoms with Gasteiger partial charge in [0.2, 0.25) is 0 Å². The van der Waals surface area contributed by atoms with E-state index >= 15 is 0 Å². The summed E-state index contributed by atoms with van der Waals surface area (Å²) >= 11 is 0. The van der Waals surface area contributed by atoms with E-state index in [-0.39, 0.29) is 5.82 Å². The molecule has 0 aliphatic heterocycles. The number of hydrogen-bond acceptors (Lipinski definition) is 2. The average molecular weight is 245 g/mol. The summed E-state index contributed by atoms with van der Waals surface area (Å²) in [6.07, 6.45) is -0.707. The van der Waals surface area contributed by atoms with Gasteiger partial charge in [0.1, 0.15) is 5.82 Å². The van der Waals surface area contributed by atoms with Crippen LogP contribution in [0, 0.1) is 5.82 Å². The summed E-state index contributed by atoms with van der Waals surface area (Å²) in [5, 5.41) is 9.73. The highest BCUT2D eigenvalue weighted by molar-refractivity contribution is 5.66. The first kappa shape index (κ1) is 12.6. The molecule has 0 saturated heterocycles. The lowest BCUT2D eigenvalue weighted by Crippen LogP contribution is -2.14. The van der Waals surface area contributed by atoms with Gasteiger partial charge >= 0.3 is 0 Å². The molecule has 1 N–H and O–H groups in total. The second-order valence-electron chi connectivity index (χ2n) is 4.25. The first-order valence-corrected chi connectivity index (χ1v) is 5.86. The van der Waals surface area contributed by atoms with Crippen molar-refractivity contribution < 1.29 is 9.50 Å². The molecule has 3 heteroatoms. The first-order valence-electron chi connectivity index (χ1n) is 5.86. The lowest BCUT2D eigenvalue weighted by molar-refractivity contribution is 0.199. The molecule has 0 aliphatic carbocycles. The number of aliphatic hydroxyl groups excluding tert-OH is 1. The third-order valence-corrected chi connectivity index (χ3v) is 2.95. The van der Waals surface area contributed by atoms with Gasteiger partial charge in [0, 0.05) is 18.3 Å². The van der Waals surface area contributed by atoms with Crippen LogP contribution in [0.1, 0.15) is 18.6 Å². The molecule has 0 heterocycles. The predicted octanol–water partition coefficient (Wildman–Crippen LogP) is 3.65. The van der Waals surface area contributed by atoms with E-state index in [1.54, 1.807) is 31.0 Å². The van der Waals surface area contributed by atoms with Gasteiger partial charge in [0.15, 0.2) is 0 Å². The number of anilines is 2. The fourth-order valence-electron chi connectivity index (χ4n) is 2.00. The van der Waals surface area contributed by atoms with Crippen LogP contribution in [0.4, 0.5) is 15.8 Å². The third kappa shape index (κ3) is 2.36. The Kier molecular flexibility index (Phi) is 3.63. The van der Waals surface area contributed by atoms with Gasteiger partial charge < -0.3 is 10.0 Å². The molecule has 0 radical (unpaired) electrons. The number of benzene rings is 2. The molecule has 0 unspecified atom stereocenters. The van der Waals surface area contributed by atoms with E-state index < -0.39 is 6.10 Å². The maximum absolute atomic E-state index is 14.0. The SMILES string of the molecule is C[C@H](O)c1cccc(F)c1N(C)c1ccccc1. The lowest BCUT2D eigenvalue weighted by Gasteiger charge is -2.24. The van der Waals surface area contributed by atoms with Crippen LogP contribution in [0.15, 0.2) is 48.5 Å². The predicted molar refractivity (Wildman–Crippen MR) is 71.5 cm³/mol. The van der Waals surface area contributed by atoms with Crippen molar-refractivity contribution in [3.63, 3.8) is 0 Å². The van der Waals surface area contributed by atoms with E-state index in [0.717, 1.165) is 5.69 Å². The van der Waals surface area contributed by atoms with Crippen LogP contribution in [-0.4, -0.2) is 12.2 Å². The van der Waals surface area contributed by atoms with E-state index in [2.05, 4.69) is 0 Å². The molecule has 2 aromatic carbocycles. The quantitative estimate of drug-likeness (QED) is 0.892. The van der Waals surface area contributed by atoms with Crippen molar-refractivity contribution in [1.29, 1.82) is 0 Å². The zero-order valence-corrected chi connectivity index (χ0v) is 10.5. The maximum atomic E-state index is 14.0. The van der Waals surface area contributed by atoms with E-state index in [1.165, 1.54) is 6.07 Å². The summed E-state index contributed by atoms with van der Waals surface area (Å²) in [7, 11) is 1.79. The Morgan fingerprint density at radius 1 is 1.06 bits per heavy atom. The van der Waals surface area contributed by atoms with Gasteiger partial charge in [-0.1, -0.05) is 30.3 Å². The van der Waals surface area contributed by atoms with Gasteiger partial charge in [-0.05, 0) is 25.1 Å². The Morgan fingerprint density at radius 2 is 1.72 bits per heavy atom. The van der Waals surface area contributed by atoms with Crippen LogP contribution in [0.25, 0.3) is 0 Å². The minimum absolute atomic E-state index is 0.334. The largest absolute Gasteiger partial charge is 0.389 e. The standard InChI is InChI=1S/C15H16FNO/c1-11(18)13-9-6-10-14(16)15(13)17(2)12-7-4-3-5-8-12/h3-11,18H,1-2H3/t11-/m0/s1. The average Bonchev–Trinajstić information content (AvgIpc) is 2.38. The molecule has 0 spiro atoms. The molecule has 0 aliphatic rings. The Balaban J connectivity index is 2.51. The minimum atomic E-state index is -0.707. The number of aliphatic hydroxyl groups is 1. The van der Waals surface area contributed by atoms with Crippen LogP contribution in [0.2, 0.25) is 0 Å². The minimum Gasteiger partial charge on any atom is -0.389 e. The number of halogens is 1. The van der Waals surface area contributed by atoms with Crippen LogP contribution in [-0.2, 0) is 0 Å². The topological polar surface area (TPSA) is 23.5 Å². The van der Waals surface area contributed by atoms with Crippen LogP contribution >= 0.6 is 0 Å². The summed E-state index contributed by atoms with van der Waals surface area (Å²) < 4.78 is 14.0. The van der Waals surface area contributed by atoms with Crippen molar-refractivity contribution in [3.05, 3.63) is 59.9 Å². The summed E-state index contributed by atoms with van der Waals surface area (Å²) in [6, 6.07) is 14.3. The molecule has 0 fully saturated rings. The van der Waals surface area contributed by atoms with E-state index in [9.17, 15) is 9.50 Å². The monoisotopic (exact) mass is 245 g/mol. The Bertz CT molecular complexity index is 525. The molecule has 0 aromatic heterocycles. The van der Waals surface area contributed by atoms with Crippen LogP contribution in [0.5, 0.6) is 0 Å². The second kappa shape index (κ2) is 5.19. The van der Waals surface area contributed by atoms with Gasteiger partial charge in [0.05, 0.1) is 11.8 Å². The lowest BCUT2D eigenvalue weighted by atomic mass is 10.1. The molecule has 1 atom stereocenters. The first-order chi connectivity index (χ1) is 8.61. The Hall–Kier alpha value is -1.87.